The molecule has 1 aromatic carbocycles. The Morgan fingerprint density at radius 3 is 2.74 bits per heavy atom. The second-order valence-electron chi connectivity index (χ2n) is 4.84. The Bertz CT molecular complexity index is 1100. The number of halogens is 1. The SMILES string of the molecule is O=c1c(=Cc2cccc(Cl)c2)sc2nc(-c3ccncc3)nn12. The van der Waals surface area contributed by atoms with E-state index >= 15 is 0 Å². The average Bonchev–Trinajstić information content (AvgIpc) is 3.09. The van der Waals surface area contributed by atoms with Crippen molar-refractivity contribution in [2.75, 3.05) is 0 Å². The Hall–Kier alpha value is -2.57. The number of benzene rings is 1. The lowest BCUT2D eigenvalue weighted by Crippen LogP contribution is -2.23. The Kier molecular flexibility index (Phi) is 3.40. The molecule has 3 heterocycles. The van der Waals surface area contributed by atoms with Crippen molar-refractivity contribution in [2.24, 2.45) is 0 Å². The molecule has 0 unspecified atom stereocenters. The minimum atomic E-state index is -0.183. The molecule has 0 saturated heterocycles. The van der Waals surface area contributed by atoms with Gasteiger partial charge in [-0.05, 0) is 35.9 Å². The van der Waals surface area contributed by atoms with Crippen LogP contribution in [-0.2, 0) is 0 Å². The molecule has 23 heavy (non-hydrogen) atoms. The van der Waals surface area contributed by atoms with Crippen molar-refractivity contribution >= 4 is 34.0 Å². The molecular formula is C16H9ClN4OS. The summed E-state index contributed by atoms with van der Waals surface area (Å²) in [5.41, 5.74) is 1.52. The summed E-state index contributed by atoms with van der Waals surface area (Å²) >= 11 is 7.27. The highest BCUT2D eigenvalue weighted by molar-refractivity contribution is 7.15. The van der Waals surface area contributed by atoms with Gasteiger partial charge in [-0.1, -0.05) is 35.1 Å². The zero-order valence-electron chi connectivity index (χ0n) is 11.7. The minimum absolute atomic E-state index is 0.183. The highest BCUT2D eigenvalue weighted by atomic mass is 35.5. The van der Waals surface area contributed by atoms with Crippen LogP contribution in [0.4, 0.5) is 0 Å². The van der Waals surface area contributed by atoms with E-state index in [1.54, 1.807) is 30.6 Å². The average molecular weight is 341 g/mol. The summed E-state index contributed by atoms with van der Waals surface area (Å²) in [6.07, 6.45) is 5.13. The summed E-state index contributed by atoms with van der Waals surface area (Å²) < 4.78 is 1.90. The zero-order chi connectivity index (χ0) is 15.8. The number of hydrogen-bond donors (Lipinski definition) is 0. The fraction of sp³-hybridized carbons (Fsp3) is 0. The van der Waals surface area contributed by atoms with E-state index in [4.69, 9.17) is 11.6 Å². The molecule has 0 atom stereocenters. The highest BCUT2D eigenvalue weighted by Crippen LogP contribution is 2.15. The molecule has 0 fully saturated rings. The second kappa shape index (κ2) is 5.57. The van der Waals surface area contributed by atoms with Gasteiger partial charge < -0.3 is 0 Å². The number of nitrogens with zero attached hydrogens (tertiary/aromatic N) is 4. The Morgan fingerprint density at radius 2 is 2.00 bits per heavy atom. The topological polar surface area (TPSA) is 60.2 Å². The lowest BCUT2D eigenvalue weighted by Gasteiger charge is -1.92. The lowest BCUT2D eigenvalue weighted by atomic mass is 10.2. The molecule has 0 spiro atoms. The maximum atomic E-state index is 12.5. The van der Waals surface area contributed by atoms with Crippen LogP contribution >= 0.6 is 22.9 Å². The third-order valence-corrected chi connectivity index (χ3v) is 4.46. The van der Waals surface area contributed by atoms with Gasteiger partial charge in [-0.25, -0.2) is 0 Å². The van der Waals surface area contributed by atoms with Crippen molar-refractivity contribution in [1.29, 1.82) is 0 Å². The first-order chi connectivity index (χ1) is 11.2. The van der Waals surface area contributed by atoms with E-state index < -0.39 is 0 Å². The summed E-state index contributed by atoms with van der Waals surface area (Å²) in [6.45, 7) is 0. The Balaban J connectivity index is 1.84. The minimum Gasteiger partial charge on any atom is -0.266 e. The van der Waals surface area contributed by atoms with Crippen molar-refractivity contribution in [3.05, 3.63) is 74.3 Å². The van der Waals surface area contributed by atoms with Crippen LogP contribution in [0.1, 0.15) is 5.56 Å². The molecular weight excluding hydrogens is 332 g/mol. The first-order valence-electron chi connectivity index (χ1n) is 6.78. The van der Waals surface area contributed by atoms with Crippen LogP contribution in [0.25, 0.3) is 22.4 Å². The molecule has 4 rings (SSSR count). The molecule has 0 N–H and O–H groups in total. The first kappa shape index (κ1) is 14.0. The van der Waals surface area contributed by atoms with E-state index in [-0.39, 0.29) is 5.56 Å². The van der Waals surface area contributed by atoms with Gasteiger partial charge in [-0.15, -0.1) is 5.10 Å². The largest absolute Gasteiger partial charge is 0.291 e. The van der Waals surface area contributed by atoms with Crippen LogP contribution in [0.5, 0.6) is 0 Å². The lowest BCUT2D eigenvalue weighted by molar-refractivity contribution is 0.936. The van der Waals surface area contributed by atoms with Gasteiger partial charge in [0.1, 0.15) is 0 Å². The fourth-order valence-corrected chi connectivity index (χ4v) is 3.31. The van der Waals surface area contributed by atoms with Gasteiger partial charge in [-0.2, -0.15) is 9.50 Å². The quantitative estimate of drug-likeness (QED) is 0.562. The van der Waals surface area contributed by atoms with E-state index in [9.17, 15) is 4.79 Å². The molecule has 112 valence electrons. The van der Waals surface area contributed by atoms with E-state index in [0.717, 1.165) is 11.1 Å². The van der Waals surface area contributed by atoms with Crippen molar-refractivity contribution in [3.63, 3.8) is 0 Å². The highest BCUT2D eigenvalue weighted by Gasteiger charge is 2.11. The predicted molar refractivity (Wildman–Crippen MR) is 90.6 cm³/mol. The number of aromatic nitrogens is 4. The van der Waals surface area contributed by atoms with Gasteiger partial charge in [0.2, 0.25) is 4.96 Å². The smallest absolute Gasteiger partial charge is 0.266 e. The van der Waals surface area contributed by atoms with Crippen molar-refractivity contribution < 1.29 is 0 Å². The van der Waals surface area contributed by atoms with E-state index in [0.29, 0.717) is 20.3 Å². The normalized spacial score (nSPS) is 12.1. The number of rotatable bonds is 2. The van der Waals surface area contributed by atoms with Crippen LogP contribution in [0.3, 0.4) is 0 Å². The predicted octanol–water partition coefficient (Wildman–Crippen LogP) is 2.41. The summed E-state index contributed by atoms with van der Waals surface area (Å²) in [5, 5.41) is 4.92. The van der Waals surface area contributed by atoms with Crippen molar-refractivity contribution in [2.45, 2.75) is 0 Å². The Labute approximate surface area is 139 Å². The van der Waals surface area contributed by atoms with Crippen molar-refractivity contribution in [3.8, 4) is 11.4 Å². The summed E-state index contributed by atoms with van der Waals surface area (Å²) in [4.78, 5) is 21.4. The number of fused-ring (bicyclic) bond motifs is 1. The molecule has 0 aliphatic rings. The van der Waals surface area contributed by atoms with Gasteiger partial charge in [0.25, 0.3) is 5.56 Å². The van der Waals surface area contributed by atoms with E-state index in [1.165, 1.54) is 15.9 Å². The fourth-order valence-electron chi connectivity index (χ4n) is 2.20. The van der Waals surface area contributed by atoms with Crippen LogP contribution < -0.4 is 10.1 Å². The summed E-state index contributed by atoms with van der Waals surface area (Å²) in [5.74, 6) is 0.519. The van der Waals surface area contributed by atoms with Gasteiger partial charge in [0.15, 0.2) is 5.82 Å². The van der Waals surface area contributed by atoms with Crippen molar-refractivity contribution in [1.82, 2.24) is 19.6 Å². The standard InChI is InChI=1S/C16H9ClN4OS/c17-12-3-1-2-10(8-12)9-13-15(22)21-16(23-13)19-14(20-21)11-4-6-18-7-5-11/h1-9H. The van der Waals surface area contributed by atoms with E-state index in [1.807, 2.05) is 24.3 Å². The molecule has 5 nitrogen and oxygen atoms in total. The molecule has 0 radical (unpaired) electrons. The molecule has 0 bridgehead atoms. The monoisotopic (exact) mass is 340 g/mol. The van der Waals surface area contributed by atoms with Crippen LogP contribution in [-0.4, -0.2) is 19.6 Å². The molecule has 0 saturated carbocycles. The zero-order valence-corrected chi connectivity index (χ0v) is 13.3. The van der Waals surface area contributed by atoms with Gasteiger partial charge in [0.05, 0.1) is 4.53 Å². The van der Waals surface area contributed by atoms with Crippen LogP contribution in [0.15, 0.2) is 53.6 Å². The van der Waals surface area contributed by atoms with Gasteiger partial charge in [0, 0.05) is 23.0 Å². The number of hydrogen-bond acceptors (Lipinski definition) is 5. The molecule has 4 aromatic rings. The van der Waals surface area contributed by atoms with E-state index in [2.05, 4.69) is 15.1 Å². The maximum Gasteiger partial charge on any atom is 0.291 e. The summed E-state index contributed by atoms with van der Waals surface area (Å²) in [7, 11) is 0. The molecule has 0 amide bonds. The molecule has 3 aromatic heterocycles. The molecule has 0 aliphatic carbocycles. The van der Waals surface area contributed by atoms with Crippen LogP contribution in [0.2, 0.25) is 5.02 Å². The summed E-state index contributed by atoms with van der Waals surface area (Å²) in [6, 6.07) is 11.0. The first-order valence-corrected chi connectivity index (χ1v) is 7.97. The Morgan fingerprint density at radius 1 is 1.17 bits per heavy atom. The third kappa shape index (κ3) is 2.62. The third-order valence-electron chi connectivity index (χ3n) is 3.27. The second-order valence-corrected chi connectivity index (χ2v) is 6.28. The number of thiazole rings is 1. The maximum absolute atomic E-state index is 12.5. The van der Waals surface area contributed by atoms with Gasteiger partial charge in [-0.3, -0.25) is 9.78 Å². The molecule has 7 heteroatoms. The van der Waals surface area contributed by atoms with Crippen LogP contribution in [0, 0.1) is 0 Å². The van der Waals surface area contributed by atoms with Gasteiger partial charge >= 0.3 is 0 Å². The number of pyridine rings is 1. The molecule has 0 aliphatic heterocycles.